The molecule has 1 heteroatoms. The lowest BCUT2D eigenvalue weighted by molar-refractivity contribution is 0.141. The third-order valence-electron chi connectivity index (χ3n) is 9.26. The minimum atomic E-state index is -0.139. The zero-order chi connectivity index (χ0) is 20.9. The minimum Gasteiger partial charge on any atom is -0.393 e. The van der Waals surface area contributed by atoms with Gasteiger partial charge >= 0.3 is 0 Å². The van der Waals surface area contributed by atoms with Crippen molar-refractivity contribution in [3.05, 3.63) is 46.0 Å². The summed E-state index contributed by atoms with van der Waals surface area (Å²) in [6.07, 6.45) is 13.0. The normalized spacial score (nSPS) is 33.4. The second kappa shape index (κ2) is 7.88. The first-order chi connectivity index (χ1) is 13.7. The van der Waals surface area contributed by atoms with E-state index in [4.69, 9.17) is 0 Å². The molecule has 0 saturated heterocycles. The van der Waals surface area contributed by atoms with E-state index >= 15 is 0 Å². The van der Waals surface area contributed by atoms with E-state index in [1.165, 1.54) is 31.2 Å². The van der Waals surface area contributed by atoms with Crippen molar-refractivity contribution < 1.29 is 5.11 Å². The van der Waals surface area contributed by atoms with Crippen LogP contribution in [0.5, 0.6) is 0 Å². The van der Waals surface area contributed by atoms with Crippen molar-refractivity contribution in [1.82, 2.24) is 0 Å². The molecule has 6 unspecified atom stereocenters. The maximum atomic E-state index is 10.2. The van der Waals surface area contributed by atoms with Crippen molar-refractivity contribution in [2.75, 3.05) is 0 Å². The highest BCUT2D eigenvalue weighted by atomic mass is 16.3. The molecule has 160 valence electrons. The Morgan fingerprint density at radius 1 is 1.03 bits per heavy atom. The first-order valence-electron chi connectivity index (χ1n) is 12.2. The number of allylic oxidation sites excluding steroid dienone is 2. The fourth-order valence-electron chi connectivity index (χ4n) is 6.94. The lowest BCUT2D eigenvalue weighted by Crippen LogP contribution is -2.35. The van der Waals surface area contributed by atoms with Crippen LogP contribution in [0.3, 0.4) is 0 Å². The van der Waals surface area contributed by atoms with Gasteiger partial charge in [-0.3, -0.25) is 0 Å². The molecule has 0 bridgehead atoms. The van der Waals surface area contributed by atoms with Crippen molar-refractivity contribution in [1.29, 1.82) is 0 Å². The number of aliphatic hydroxyl groups excluding tert-OH is 1. The zero-order valence-electron chi connectivity index (χ0n) is 19.6. The van der Waals surface area contributed by atoms with Gasteiger partial charge in [0.05, 0.1) is 6.10 Å². The van der Waals surface area contributed by atoms with E-state index in [1.54, 1.807) is 22.3 Å². The number of hydrogen-bond donors (Lipinski definition) is 1. The van der Waals surface area contributed by atoms with Crippen LogP contribution in [0, 0.1) is 36.0 Å². The van der Waals surface area contributed by atoms with Gasteiger partial charge in [-0.25, -0.2) is 0 Å². The molecule has 1 fully saturated rings. The van der Waals surface area contributed by atoms with Crippen molar-refractivity contribution in [3.63, 3.8) is 0 Å². The van der Waals surface area contributed by atoms with Gasteiger partial charge < -0.3 is 5.11 Å². The summed E-state index contributed by atoms with van der Waals surface area (Å²) in [6, 6.07) is 2.53. The lowest BCUT2D eigenvalue weighted by atomic mass is 9.60. The Labute approximate surface area is 179 Å². The summed E-state index contributed by atoms with van der Waals surface area (Å²) < 4.78 is 0. The van der Waals surface area contributed by atoms with Crippen LogP contribution in [-0.2, 0) is 19.3 Å². The molecule has 1 N–H and O–H groups in total. The summed E-state index contributed by atoms with van der Waals surface area (Å²) in [5.41, 5.74) is 8.32. The molecule has 1 aromatic rings. The highest BCUT2D eigenvalue weighted by Crippen LogP contribution is 2.61. The monoisotopic (exact) mass is 394 g/mol. The molecule has 0 aliphatic heterocycles. The van der Waals surface area contributed by atoms with Crippen LogP contribution in [0.4, 0.5) is 0 Å². The Morgan fingerprint density at radius 2 is 1.79 bits per heavy atom. The number of hydrogen-bond acceptors (Lipinski definition) is 1. The Bertz CT molecular complexity index is 788. The standard InChI is InChI=1S/C28H42O/c1-17(2)18(3)7-8-19(4)26-11-12-27-25-16-21-15-22(29)9-10-23(21)20(5)24(25)13-14-28(26,27)6/h7-8,16-19,22,26-27,29H,9-15H2,1-6H3/b8-7+. The average Bonchev–Trinajstić information content (AvgIpc) is 3.03. The molecule has 0 heterocycles. The maximum absolute atomic E-state index is 10.2. The van der Waals surface area contributed by atoms with Gasteiger partial charge in [-0.2, -0.15) is 0 Å². The van der Waals surface area contributed by atoms with Crippen molar-refractivity contribution >= 4 is 0 Å². The van der Waals surface area contributed by atoms with E-state index in [0.717, 1.165) is 31.1 Å². The quantitative estimate of drug-likeness (QED) is 0.558. The number of rotatable bonds is 4. The molecule has 3 aliphatic rings. The van der Waals surface area contributed by atoms with Crippen molar-refractivity contribution in [3.8, 4) is 0 Å². The van der Waals surface area contributed by atoms with E-state index in [-0.39, 0.29) is 6.10 Å². The molecule has 0 spiro atoms. The predicted molar refractivity (Wildman–Crippen MR) is 123 cm³/mol. The van der Waals surface area contributed by atoms with E-state index in [2.05, 4.69) is 59.8 Å². The summed E-state index contributed by atoms with van der Waals surface area (Å²) in [6.45, 7) is 14.4. The summed E-state index contributed by atoms with van der Waals surface area (Å²) in [5, 5.41) is 10.2. The first kappa shape index (κ1) is 21.2. The summed E-state index contributed by atoms with van der Waals surface area (Å²) in [4.78, 5) is 0. The Morgan fingerprint density at radius 3 is 2.52 bits per heavy atom. The van der Waals surface area contributed by atoms with Gasteiger partial charge in [0.25, 0.3) is 0 Å². The molecular formula is C28H42O. The molecule has 0 amide bonds. The Balaban J connectivity index is 1.63. The molecule has 29 heavy (non-hydrogen) atoms. The molecule has 3 aliphatic carbocycles. The molecular weight excluding hydrogens is 352 g/mol. The van der Waals surface area contributed by atoms with Gasteiger partial charge in [0.1, 0.15) is 0 Å². The highest BCUT2D eigenvalue weighted by Gasteiger charge is 2.51. The maximum Gasteiger partial charge on any atom is 0.0583 e. The molecule has 1 saturated carbocycles. The predicted octanol–water partition coefficient (Wildman–Crippen LogP) is 6.78. The van der Waals surface area contributed by atoms with Crippen LogP contribution in [0.2, 0.25) is 0 Å². The van der Waals surface area contributed by atoms with Gasteiger partial charge in [0.2, 0.25) is 0 Å². The SMILES string of the molecule is Cc1c2c(cc3c1CCC1(C)C3CCC1C(C)/C=C/C(C)C(C)C)CC(O)CC2. The average molecular weight is 395 g/mol. The minimum absolute atomic E-state index is 0.139. The zero-order valence-corrected chi connectivity index (χ0v) is 19.6. The summed E-state index contributed by atoms with van der Waals surface area (Å²) in [7, 11) is 0. The third kappa shape index (κ3) is 3.62. The van der Waals surface area contributed by atoms with E-state index in [9.17, 15) is 5.11 Å². The summed E-state index contributed by atoms with van der Waals surface area (Å²) in [5.74, 6) is 3.54. The van der Waals surface area contributed by atoms with Crippen LogP contribution < -0.4 is 0 Å². The van der Waals surface area contributed by atoms with Crippen LogP contribution in [-0.4, -0.2) is 11.2 Å². The van der Waals surface area contributed by atoms with Gasteiger partial charge in [0, 0.05) is 0 Å². The van der Waals surface area contributed by atoms with Gasteiger partial charge in [-0.15, -0.1) is 0 Å². The lowest BCUT2D eigenvalue weighted by Gasteiger charge is -2.45. The van der Waals surface area contributed by atoms with Gasteiger partial charge in [-0.05, 0) is 115 Å². The summed E-state index contributed by atoms with van der Waals surface area (Å²) >= 11 is 0. The molecule has 6 atom stereocenters. The van der Waals surface area contributed by atoms with Crippen molar-refractivity contribution in [2.45, 2.75) is 98.5 Å². The Hall–Kier alpha value is -1.08. The third-order valence-corrected chi connectivity index (χ3v) is 9.26. The molecule has 1 aromatic carbocycles. The fourth-order valence-corrected chi connectivity index (χ4v) is 6.94. The molecule has 0 radical (unpaired) electrons. The first-order valence-corrected chi connectivity index (χ1v) is 12.2. The van der Waals surface area contributed by atoms with Crippen LogP contribution in [0.25, 0.3) is 0 Å². The number of benzene rings is 1. The van der Waals surface area contributed by atoms with E-state index < -0.39 is 0 Å². The number of fused-ring (bicyclic) bond motifs is 4. The van der Waals surface area contributed by atoms with Gasteiger partial charge in [0.15, 0.2) is 0 Å². The topological polar surface area (TPSA) is 20.2 Å². The molecule has 4 rings (SSSR count). The Kier molecular flexibility index (Phi) is 5.75. The van der Waals surface area contributed by atoms with E-state index in [1.807, 2.05) is 0 Å². The second-order valence-electron chi connectivity index (χ2n) is 11.2. The smallest absolute Gasteiger partial charge is 0.0583 e. The second-order valence-corrected chi connectivity index (χ2v) is 11.2. The highest BCUT2D eigenvalue weighted by molar-refractivity contribution is 5.50. The van der Waals surface area contributed by atoms with Crippen LogP contribution >= 0.6 is 0 Å². The molecule has 1 nitrogen and oxygen atoms in total. The van der Waals surface area contributed by atoms with E-state index in [0.29, 0.717) is 23.2 Å². The van der Waals surface area contributed by atoms with Crippen molar-refractivity contribution in [2.24, 2.45) is 29.1 Å². The van der Waals surface area contributed by atoms with Crippen LogP contribution in [0.15, 0.2) is 18.2 Å². The molecule has 0 aromatic heterocycles. The number of aliphatic hydroxyl groups is 1. The fraction of sp³-hybridized carbons (Fsp3) is 0.714. The van der Waals surface area contributed by atoms with Gasteiger partial charge in [-0.1, -0.05) is 52.8 Å². The largest absolute Gasteiger partial charge is 0.393 e. The van der Waals surface area contributed by atoms with Crippen LogP contribution in [0.1, 0.15) is 94.0 Å².